The second-order valence-corrected chi connectivity index (χ2v) is 5.41. The Hall–Kier alpha value is -2.48. The Labute approximate surface area is 129 Å². The summed E-state index contributed by atoms with van der Waals surface area (Å²) >= 11 is 0. The van der Waals surface area contributed by atoms with E-state index in [2.05, 4.69) is 0 Å². The van der Waals surface area contributed by atoms with E-state index in [-0.39, 0.29) is 6.42 Å². The van der Waals surface area contributed by atoms with Crippen molar-refractivity contribution in [1.82, 2.24) is 0 Å². The molecule has 22 heavy (non-hydrogen) atoms. The molecule has 110 valence electrons. The van der Waals surface area contributed by atoms with Crippen LogP contribution in [0.4, 0.5) is 4.39 Å². The first-order valence-electron chi connectivity index (χ1n) is 7.43. The van der Waals surface area contributed by atoms with Crippen LogP contribution in [0.5, 0.6) is 0 Å². The number of Topliss-reactive ketones (excluding diaryl/α,β-unsaturated/α-hetero) is 1. The van der Waals surface area contributed by atoms with Gasteiger partial charge in [0.25, 0.3) is 0 Å². The lowest BCUT2D eigenvalue weighted by atomic mass is 9.85. The van der Waals surface area contributed by atoms with Crippen molar-refractivity contribution in [2.75, 3.05) is 0 Å². The summed E-state index contributed by atoms with van der Waals surface area (Å²) in [5.41, 5.74) is -1.16. The van der Waals surface area contributed by atoms with Crippen molar-refractivity contribution < 1.29 is 9.18 Å². The highest BCUT2D eigenvalue weighted by Crippen LogP contribution is 2.34. The quantitative estimate of drug-likeness (QED) is 0.596. The van der Waals surface area contributed by atoms with E-state index < -0.39 is 11.5 Å². The average Bonchev–Trinajstić information content (AvgIpc) is 2.60. The van der Waals surface area contributed by atoms with Crippen molar-refractivity contribution in [3.63, 3.8) is 0 Å². The number of carbonyl (C=O) groups excluding carboxylic acids is 1. The predicted molar refractivity (Wildman–Crippen MR) is 87.8 cm³/mol. The van der Waals surface area contributed by atoms with Gasteiger partial charge in [-0.3, -0.25) is 4.79 Å². The zero-order chi connectivity index (χ0) is 15.6. The van der Waals surface area contributed by atoms with Crippen LogP contribution in [0.25, 0.3) is 10.8 Å². The Morgan fingerprint density at radius 3 is 2.23 bits per heavy atom. The Morgan fingerprint density at radius 2 is 1.55 bits per heavy atom. The van der Waals surface area contributed by atoms with E-state index in [9.17, 15) is 4.79 Å². The van der Waals surface area contributed by atoms with E-state index in [1.807, 2.05) is 36.4 Å². The molecule has 0 heterocycles. The molecule has 0 saturated carbocycles. The molecule has 1 atom stereocenters. The lowest BCUT2D eigenvalue weighted by Gasteiger charge is -2.23. The van der Waals surface area contributed by atoms with Crippen LogP contribution in [0.2, 0.25) is 0 Å². The van der Waals surface area contributed by atoms with E-state index in [1.54, 1.807) is 43.3 Å². The van der Waals surface area contributed by atoms with Crippen LogP contribution < -0.4 is 0 Å². The van der Waals surface area contributed by atoms with Gasteiger partial charge in [-0.1, -0.05) is 73.7 Å². The van der Waals surface area contributed by atoms with Crippen molar-refractivity contribution >= 4 is 16.6 Å². The summed E-state index contributed by atoms with van der Waals surface area (Å²) in [6.45, 7) is 1.70. The van der Waals surface area contributed by atoms with Gasteiger partial charge in [-0.25, -0.2) is 4.39 Å². The number of fused-ring (bicyclic) bond motifs is 1. The fourth-order valence-corrected chi connectivity index (χ4v) is 2.76. The summed E-state index contributed by atoms with van der Waals surface area (Å²) in [4.78, 5) is 12.8. The van der Waals surface area contributed by atoms with Crippen LogP contribution in [0, 0.1) is 0 Å². The highest BCUT2D eigenvalue weighted by molar-refractivity contribution is 6.05. The molecule has 2 heteroatoms. The van der Waals surface area contributed by atoms with Gasteiger partial charge >= 0.3 is 0 Å². The lowest BCUT2D eigenvalue weighted by molar-refractivity contribution is 0.0666. The first-order chi connectivity index (χ1) is 10.6. The van der Waals surface area contributed by atoms with Gasteiger partial charge in [-0.2, -0.15) is 0 Å². The molecule has 0 unspecified atom stereocenters. The molecule has 0 aliphatic rings. The molecule has 0 bridgehead atoms. The Bertz CT molecular complexity index is 810. The van der Waals surface area contributed by atoms with E-state index in [4.69, 9.17) is 0 Å². The summed E-state index contributed by atoms with van der Waals surface area (Å²) in [6, 6.07) is 21.8. The summed E-state index contributed by atoms with van der Waals surface area (Å²) in [5, 5.41) is 1.99. The van der Waals surface area contributed by atoms with Gasteiger partial charge in [0.05, 0.1) is 0 Å². The standard InChI is InChI=1S/C20H17FO/c1-2-20(21,18-10-4-3-5-11-18)19(22)17-13-12-15-8-6-7-9-16(15)14-17/h3-14H,2H2,1H3/t20-/m1/s1. The predicted octanol–water partition coefficient (Wildman–Crippen LogP) is 5.30. The molecule has 0 amide bonds. The molecule has 0 fully saturated rings. The molecular weight excluding hydrogens is 275 g/mol. The Kier molecular flexibility index (Phi) is 3.76. The lowest BCUT2D eigenvalue weighted by Crippen LogP contribution is -2.30. The van der Waals surface area contributed by atoms with Gasteiger partial charge in [0, 0.05) is 5.56 Å². The summed E-state index contributed by atoms with van der Waals surface area (Å²) < 4.78 is 15.4. The molecule has 3 aromatic carbocycles. The number of ketones is 1. The second-order valence-electron chi connectivity index (χ2n) is 5.41. The maximum Gasteiger partial charge on any atom is 0.204 e. The number of carbonyl (C=O) groups is 1. The summed E-state index contributed by atoms with van der Waals surface area (Å²) in [6.07, 6.45) is 0.114. The van der Waals surface area contributed by atoms with Crippen LogP contribution in [0.3, 0.4) is 0 Å². The van der Waals surface area contributed by atoms with E-state index in [1.165, 1.54) is 0 Å². The van der Waals surface area contributed by atoms with Crippen molar-refractivity contribution in [2.24, 2.45) is 0 Å². The number of hydrogen-bond donors (Lipinski definition) is 0. The number of alkyl halides is 1. The molecule has 3 aromatic rings. The zero-order valence-electron chi connectivity index (χ0n) is 12.4. The highest BCUT2D eigenvalue weighted by atomic mass is 19.1. The number of halogens is 1. The smallest absolute Gasteiger partial charge is 0.204 e. The van der Waals surface area contributed by atoms with E-state index in [0.717, 1.165) is 10.8 Å². The van der Waals surface area contributed by atoms with Crippen molar-refractivity contribution in [2.45, 2.75) is 19.0 Å². The third-order valence-electron chi connectivity index (χ3n) is 4.09. The topological polar surface area (TPSA) is 17.1 Å². The first-order valence-corrected chi connectivity index (χ1v) is 7.43. The Balaban J connectivity index is 2.06. The maximum absolute atomic E-state index is 15.4. The molecule has 3 rings (SSSR count). The number of hydrogen-bond acceptors (Lipinski definition) is 1. The van der Waals surface area contributed by atoms with Gasteiger partial charge in [-0.05, 0) is 28.8 Å². The summed E-state index contributed by atoms with van der Waals surface area (Å²) in [5.74, 6) is -0.480. The Morgan fingerprint density at radius 1 is 0.909 bits per heavy atom. The van der Waals surface area contributed by atoms with E-state index in [0.29, 0.717) is 11.1 Å². The fourth-order valence-electron chi connectivity index (χ4n) is 2.76. The molecule has 0 radical (unpaired) electrons. The van der Waals surface area contributed by atoms with Crippen LogP contribution in [0.1, 0.15) is 29.3 Å². The number of benzene rings is 3. The number of rotatable bonds is 4. The minimum atomic E-state index is -1.98. The molecule has 1 nitrogen and oxygen atoms in total. The third kappa shape index (κ3) is 2.41. The largest absolute Gasteiger partial charge is 0.290 e. The summed E-state index contributed by atoms with van der Waals surface area (Å²) in [7, 11) is 0. The van der Waals surface area contributed by atoms with Crippen LogP contribution in [-0.2, 0) is 5.67 Å². The molecule has 0 aromatic heterocycles. The molecule has 0 aliphatic heterocycles. The second kappa shape index (κ2) is 5.72. The molecule has 0 aliphatic carbocycles. The first kappa shape index (κ1) is 14.5. The molecule has 0 saturated heterocycles. The maximum atomic E-state index is 15.4. The van der Waals surface area contributed by atoms with Crippen LogP contribution >= 0.6 is 0 Å². The van der Waals surface area contributed by atoms with E-state index >= 15 is 4.39 Å². The highest BCUT2D eigenvalue weighted by Gasteiger charge is 2.39. The van der Waals surface area contributed by atoms with Gasteiger partial charge in [0.15, 0.2) is 5.67 Å². The third-order valence-corrected chi connectivity index (χ3v) is 4.09. The van der Waals surface area contributed by atoms with Gasteiger partial charge in [-0.15, -0.1) is 0 Å². The normalized spacial score (nSPS) is 13.7. The van der Waals surface area contributed by atoms with Crippen LogP contribution in [-0.4, -0.2) is 5.78 Å². The SMILES string of the molecule is CC[C@](F)(C(=O)c1ccc2ccccc2c1)c1ccccc1. The zero-order valence-corrected chi connectivity index (χ0v) is 12.4. The van der Waals surface area contributed by atoms with Gasteiger partial charge in [0.1, 0.15) is 0 Å². The van der Waals surface area contributed by atoms with Crippen LogP contribution in [0.15, 0.2) is 72.8 Å². The van der Waals surface area contributed by atoms with Crippen molar-refractivity contribution in [1.29, 1.82) is 0 Å². The molecular formula is C20H17FO. The minimum absolute atomic E-state index is 0.114. The molecule has 0 N–H and O–H groups in total. The monoisotopic (exact) mass is 292 g/mol. The average molecular weight is 292 g/mol. The van der Waals surface area contributed by atoms with Gasteiger partial charge in [0.2, 0.25) is 5.78 Å². The molecule has 0 spiro atoms. The fraction of sp³-hybridized carbons (Fsp3) is 0.150. The van der Waals surface area contributed by atoms with Crippen molar-refractivity contribution in [3.8, 4) is 0 Å². The van der Waals surface area contributed by atoms with Gasteiger partial charge < -0.3 is 0 Å². The minimum Gasteiger partial charge on any atom is -0.290 e. The van der Waals surface area contributed by atoms with Crippen molar-refractivity contribution in [3.05, 3.63) is 83.9 Å².